The first-order valence-electron chi connectivity index (χ1n) is 9.36. The lowest BCUT2D eigenvalue weighted by molar-refractivity contribution is -0.146. The number of nitrogens with zero attached hydrogens (tertiary/aromatic N) is 2. The maximum Gasteiger partial charge on any atom is 0.325 e. The average molecular weight is 436 g/mol. The Labute approximate surface area is 183 Å². The summed E-state index contributed by atoms with van der Waals surface area (Å²) in [7, 11) is 0. The molecule has 0 fully saturated rings. The predicted molar refractivity (Wildman–Crippen MR) is 118 cm³/mol. The molecule has 3 rings (SSSR count). The minimum Gasteiger partial charge on any atom is -0.454 e. The molecule has 158 valence electrons. The van der Waals surface area contributed by atoms with Crippen LogP contribution in [-0.2, 0) is 14.3 Å². The van der Waals surface area contributed by atoms with Crippen LogP contribution in [0.4, 0.5) is 17.1 Å². The number of nitrogens with one attached hydrogen (secondary N) is 2. The van der Waals surface area contributed by atoms with Gasteiger partial charge in [0.25, 0.3) is 11.8 Å². The van der Waals surface area contributed by atoms with Crippen LogP contribution in [0, 0.1) is 6.92 Å². The number of hydrogen-bond donors (Lipinski definition) is 2. The van der Waals surface area contributed by atoms with Crippen molar-refractivity contribution in [2.45, 2.75) is 6.92 Å². The molecule has 3 aromatic rings. The predicted octanol–water partition coefficient (Wildman–Crippen LogP) is 4.38. The van der Waals surface area contributed by atoms with E-state index in [-0.39, 0.29) is 12.5 Å². The van der Waals surface area contributed by atoms with E-state index in [1.807, 2.05) is 43.3 Å². The molecule has 1 heterocycles. The third-order valence-corrected chi connectivity index (χ3v) is 4.91. The number of carbonyl (C=O) groups is 3. The standard InChI is InChI=1S/C22H20N4O4S/c1-15-7-12-19(31-15)22(29)23-13-21(28)30-14-20(27)24-16-8-10-18(11-9-16)26-25-17-5-3-2-4-6-17/h2-12H,13-14H2,1H3,(H,23,29)(H,24,27). The molecule has 2 aromatic carbocycles. The minimum absolute atomic E-state index is 0.315. The third kappa shape index (κ3) is 7.16. The molecule has 2 amide bonds. The highest BCUT2D eigenvalue weighted by atomic mass is 32.1. The second-order valence-corrected chi connectivity index (χ2v) is 7.67. The summed E-state index contributed by atoms with van der Waals surface area (Å²) in [6.07, 6.45) is 0. The zero-order chi connectivity index (χ0) is 22.1. The van der Waals surface area contributed by atoms with Crippen molar-refractivity contribution in [3.8, 4) is 0 Å². The fourth-order valence-corrected chi connectivity index (χ4v) is 3.20. The van der Waals surface area contributed by atoms with Gasteiger partial charge < -0.3 is 15.4 Å². The third-order valence-electron chi connectivity index (χ3n) is 3.91. The van der Waals surface area contributed by atoms with Crippen LogP contribution in [0.3, 0.4) is 0 Å². The summed E-state index contributed by atoms with van der Waals surface area (Å²) in [5, 5.41) is 13.3. The number of azo groups is 1. The van der Waals surface area contributed by atoms with Gasteiger partial charge in [-0.05, 0) is 55.5 Å². The molecule has 9 heteroatoms. The van der Waals surface area contributed by atoms with Gasteiger partial charge in [-0.1, -0.05) is 18.2 Å². The summed E-state index contributed by atoms with van der Waals surface area (Å²) in [5.41, 5.74) is 1.90. The van der Waals surface area contributed by atoms with Crippen molar-refractivity contribution in [2.75, 3.05) is 18.5 Å². The monoisotopic (exact) mass is 436 g/mol. The van der Waals surface area contributed by atoms with Gasteiger partial charge in [0.05, 0.1) is 16.3 Å². The molecule has 1 aromatic heterocycles. The van der Waals surface area contributed by atoms with E-state index in [2.05, 4.69) is 20.9 Å². The van der Waals surface area contributed by atoms with Gasteiger partial charge in [-0.2, -0.15) is 10.2 Å². The quantitative estimate of drug-likeness (QED) is 0.403. The summed E-state index contributed by atoms with van der Waals surface area (Å²) in [6.45, 7) is 1.11. The van der Waals surface area contributed by atoms with E-state index in [1.54, 1.807) is 30.3 Å². The number of thiophene rings is 1. The molecule has 0 aliphatic rings. The van der Waals surface area contributed by atoms with Crippen molar-refractivity contribution >= 4 is 46.2 Å². The molecule has 0 aliphatic heterocycles. The van der Waals surface area contributed by atoms with Crippen LogP contribution in [0.5, 0.6) is 0 Å². The Morgan fingerprint density at radius 3 is 2.23 bits per heavy atom. The number of amides is 2. The molecule has 0 bridgehead atoms. The van der Waals surface area contributed by atoms with Crippen LogP contribution in [0.2, 0.25) is 0 Å². The lowest BCUT2D eigenvalue weighted by atomic mass is 10.3. The van der Waals surface area contributed by atoms with Gasteiger partial charge in [0.2, 0.25) is 0 Å². The first-order valence-corrected chi connectivity index (χ1v) is 10.2. The molecular formula is C22H20N4O4S. The number of carbonyl (C=O) groups excluding carboxylic acids is 3. The summed E-state index contributed by atoms with van der Waals surface area (Å²) in [6, 6.07) is 19.6. The van der Waals surface area contributed by atoms with Gasteiger partial charge in [-0.3, -0.25) is 14.4 Å². The molecule has 0 spiro atoms. The number of anilines is 1. The topological polar surface area (TPSA) is 109 Å². The number of benzene rings is 2. The summed E-state index contributed by atoms with van der Waals surface area (Å²) in [4.78, 5) is 37.1. The highest BCUT2D eigenvalue weighted by molar-refractivity contribution is 7.13. The Balaban J connectivity index is 1.39. The number of aryl methyl sites for hydroxylation is 1. The van der Waals surface area contributed by atoms with Gasteiger partial charge in [0.15, 0.2) is 6.61 Å². The highest BCUT2D eigenvalue weighted by Gasteiger charge is 2.12. The van der Waals surface area contributed by atoms with Gasteiger partial charge in [-0.25, -0.2) is 0 Å². The van der Waals surface area contributed by atoms with Gasteiger partial charge in [0.1, 0.15) is 6.54 Å². The lowest BCUT2D eigenvalue weighted by Gasteiger charge is -2.07. The van der Waals surface area contributed by atoms with Crippen molar-refractivity contribution in [2.24, 2.45) is 10.2 Å². The molecule has 2 N–H and O–H groups in total. The molecule has 31 heavy (non-hydrogen) atoms. The van der Waals surface area contributed by atoms with E-state index in [1.165, 1.54) is 11.3 Å². The maximum absolute atomic E-state index is 12.0. The van der Waals surface area contributed by atoms with E-state index in [0.717, 1.165) is 10.6 Å². The van der Waals surface area contributed by atoms with Crippen LogP contribution in [0.15, 0.2) is 77.0 Å². The first kappa shape index (κ1) is 21.8. The van der Waals surface area contributed by atoms with E-state index in [4.69, 9.17) is 4.74 Å². The normalized spacial score (nSPS) is 10.6. The van der Waals surface area contributed by atoms with Crippen LogP contribution in [-0.4, -0.2) is 30.9 Å². The minimum atomic E-state index is -0.701. The molecule has 0 saturated heterocycles. The van der Waals surface area contributed by atoms with Crippen molar-refractivity contribution in [1.29, 1.82) is 0 Å². The highest BCUT2D eigenvalue weighted by Crippen LogP contribution is 2.20. The zero-order valence-electron chi connectivity index (χ0n) is 16.7. The Bertz CT molecular complexity index is 1080. The van der Waals surface area contributed by atoms with Gasteiger partial charge in [-0.15, -0.1) is 11.3 Å². The summed E-state index contributed by atoms with van der Waals surface area (Å²) in [5.74, 6) is -1.55. The van der Waals surface area contributed by atoms with Gasteiger partial charge in [0, 0.05) is 10.6 Å². The summed E-state index contributed by atoms with van der Waals surface area (Å²) < 4.78 is 4.88. The van der Waals surface area contributed by atoms with E-state index in [9.17, 15) is 14.4 Å². The van der Waals surface area contributed by atoms with Crippen LogP contribution in [0.25, 0.3) is 0 Å². The number of hydrogen-bond acceptors (Lipinski definition) is 7. The smallest absolute Gasteiger partial charge is 0.325 e. The number of ether oxygens (including phenoxy) is 1. The molecule has 8 nitrogen and oxygen atoms in total. The Morgan fingerprint density at radius 1 is 0.903 bits per heavy atom. The van der Waals surface area contributed by atoms with Crippen LogP contribution >= 0.6 is 11.3 Å². The van der Waals surface area contributed by atoms with Crippen molar-refractivity contribution in [3.05, 3.63) is 76.5 Å². The first-order chi connectivity index (χ1) is 15.0. The lowest BCUT2D eigenvalue weighted by Crippen LogP contribution is -2.31. The number of rotatable bonds is 8. The molecule has 0 saturated carbocycles. The maximum atomic E-state index is 12.0. The molecule has 0 atom stereocenters. The van der Waals surface area contributed by atoms with Crippen LogP contribution < -0.4 is 10.6 Å². The molecular weight excluding hydrogens is 416 g/mol. The Hall–Kier alpha value is -3.85. The summed E-state index contributed by atoms with van der Waals surface area (Å²) >= 11 is 1.33. The second-order valence-electron chi connectivity index (χ2n) is 6.38. The molecule has 0 aliphatic carbocycles. The van der Waals surface area contributed by atoms with E-state index >= 15 is 0 Å². The fourth-order valence-electron chi connectivity index (χ4n) is 2.41. The van der Waals surface area contributed by atoms with Crippen molar-refractivity contribution in [3.63, 3.8) is 0 Å². The largest absolute Gasteiger partial charge is 0.454 e. The van der Waals surface area contributed by atoms with Gasteiger partial charge >= 0.3 is 5.97 Å². The average Bonchev–Trinajstić information content (AvgIpc) is 3.22. The number of esters is 1. The SMILES string of the molecule is Cc1ccc(C(=O)NCC(=O)OCC(=O)Nc2ccc(N=Nc3ccccc3)cc2)s1. The van der Waals surface area contributed by atoms with E-state index in [0.29, 0.717) is 16.3 Å². The zero-order valence-corrected chi connectivity index (χ0v) is 17.5. The van der Waals surface area contributed by atoms with Crippen molar-refractivity contribution in [1.82, 2.24) is 5.32 Å². The van der Waals surface area contributed by atoms with E-state index < -0.39 is 18.5 Å². The Morgan fingerprint density at radius 2 is 1.58 bits per heavy atom. The molecule has 0 radical (unpaired) electrons. The van der Waals surface area contributed by atoms with Crippen LogP contribution in [0.1, 0.15) is 14.5 Å². The molecule has 0 unspecified atom stereocenters. The fraction of sp³-hybridized carbons (Fsp3) is 0.136. The Kier molecular flexibility index (Phi) is 7.61. The second kappa shape index (κ2) is 10.8. The van der Waals surface area contributed by atoms with Crippen molar-refractivity contribution < 1.29 is 19.1 Å².